The molecule has 1 saturated heterocycles. The Morgan fingerprint density at radius 2 is 2.43 bits per heavy atom. The Kier molecular flexibility index (Phi) is 3.86. The molecule has 1 aliphatic rings. The van der Waals surface area contributed by atoms with Crippen LogP contribution in [-0.2, 0) is 4.79 Å². The zero-order valence-electron chi connectivity index (χ0n) is 8.36. The van der Waals surface area contributed by atoms with Crippen LogP contribution < -0.4 is 11.1 Å². The Labute approximate surface area is 83.9 Å². The first kappa shape index (κ1) is 11.0. The maximum atomic E-state index is 11.2. The third-order valence-electron chi connectivity index (χ3n) is 2.48. The van der Waals surface area contributed by atoms with E-state index in [0.29, 0.717) is 12.5 Å². The molecule has 1 fully saturated rings. The number of nitrogens with two attached hydrogens (primary N) is 1. The van der Waals surface area contributed by atoms with E-state index in [9.17, 15) is 4.79 Å². The van der Waals surface area contributed by atoms with Gasteiger partial charge in [-0.2, -0.15) is 5.26 Å². The van der Waals surface area contributed by atoms with Gasteiger partial charge in [-0.1, -0.05) is 6.92 Å². The van der Waals surface area contributed by atoms with E-state index in [1.807, 2.05) is 11.0 Å². The summed E-state index contributed by atoms with van der Waals surface area (Å²) in [4.78, 5) is 13.2. The van der Waals surface area contributed by atoms with E-state index in [1.54, 1.807) is 0 Å². The highest BCUT2D eigenvalue weighted by Gasteiger charge is 2.27. The Balaban J connectivity index is 2.26. The molecule has 1 amide bonds. The first-order chi connectivity index (χ1) is 6.63. The molecule has 0 aromatic heterocycles. The summed E-state index contributed by atoms with van der Waals surface area (Å²) in [7, 11) is 0. The third-order valence-corrected chi connectivity index (χ3v) is 2.48. The number of amides is 1. The fraction of sp³-hybridized carbons (Fsp3) is 0.778. The van der Waals surface area contributed by atoms with Gasteiger partial charge in [-0.3, -0.25) is 9.69 Å². The Hall–Kier alpha value is -1.12. The van der Waals surface area contributed by atoms with Gasteiger partial charge < -0.3 is 11.1 Å². The molecule has 1 rings (SSSR count). The van der Waals surface area contributed by atoms with Gasteiger partial charge in [-0.05, 0) is 5.92 Å². The molecule has 1 aliphatic heterocycles. The lowest BCUT2D eigenvalue weighted by Gasteiger charge is -2.13. The number of hydrogen-bond donors (Lipinski definition) is 2. The van der Waals surface area contributed by atoms with Crippen molar-refractivity contribution < 1.29 is 4.79 Å². The van der Waals surface area contributed by atoms with E-state index in [1.165, 1.54) is 0 Å². The number of carbonyl (C=O) groups is 1. The van der Waals surface area contributed by atoms with Crippen molar-refractivity contribution in [3.05, 3.63) is 0 Å². The summed E-state index contributed by atoms with van der Waals surface area (Å²) in [5.41, 5.74) is 5.82. The van der Waals surface area contributed by atoms with Crippen molar-refractivity contribution in [2.24, 2.45) is 11.7 Å². The molecule has 0 aromatic carbocycles. The molecule has 5 nitrogen and oxygen atoms in total. The monoisotopic (exact) mass is 196 g/mol. The summed E-state index contributed by atoms with van der Waals surface area (Å²) in [5, 5.41) is 10.8. The highest BCUT2D eigenvalue weighted by atomic mass is 16.2. The lowest BCUT2D eigenvalue weighted by Crippen LogP contribution is -2.37. The van der Waals surface area contributed by atoms with Crippen LogP contribution in [0.1, 0.15) is 6.92 Å². The number of nitriles is 1. The summed E-state index contributed by atoms with van der Waals surface area (Å²) >= 11 is 0. The molecule has 78 valence electrons. The van der Waals surface area contributed by atoms with Gasteiger partial charge in [0.15, 0.2) is 0 Å². The molecule has 3 N–H and O–H groups in total. The minimum Gasteiger partial charge on any atom is -0.342 e. The second-order valence-electron chi connectivity index (χ2n) is 3.77. The van der Waals surface area contributed by atoms with E-state index in [-0.39, 0.29) is 18.5 Å². The highest BCUT2D eigenvalue weighted by molar-refractivity contribution is 5.78. The average molecular weight is 196 g/mol. The van der Waals surface area contributed by atoms with E-state index in [2.05, 4.69) is 12.2 Å². The Morgan fingerprint density at radius 3 is 2.93 bits per heavy atom. The van der Waals surface area contributed by atoms with Crippen molar-refractivity contribution >= 4 is 5.91 Å². The predicted molar refractivity (Wildman–Crippen MR) is 52.2 cm³/mol. The summed E-state index contributed by atoms with van der Waals surface area (Å²) in [6, 6.07) is 2.03. The lowest BCUT2D eigenvalue weighted by molar-refractivity contribution is -0.121. The van der Waals surface area contributed by atoms with Crippen LogP contribution >= 0.6 is 0 Å². The van der Waals surface area contributed by atoms with Crippen LogP contribution in [0, 0.1) is 17.2 Å². The number of likely N-dealkylation sites (tertiary alicyclic amines) is 1. The van der Waals surface area contributed by atoms with Gasteiger partial charge in [0.25, 0.3) is 0 Å². The smallest absolute Gasteiger partial charge is 0.235 e. The standard InChI is InChI=1S/C9H16N4O/c1-7-4-13(5-8(7)11)6-9(14)12-3-2-10/h7-8H,3-6,11H2,1H3,(H,12,14). The predicted octanol–water partition coefficient (Wildman–Crippen LogP) is -1.09. The average Bonchev–Trinajstić information content (AvgIpc) is 2.42. The first-order valence-electron chi connectivity index (χ1n) is 4.75. The zero-order valence-corrected chi connectivity index (χ0v) is 8.36. The summed E-state index contributed by atoms with van der Waals surface area (Å²) in [5.74, 6) is 0.339. The van der Waals surface area contributed by atoms with Crippen LogP contribution in [0.15, 0.2) is 0 Å². The summed E-state index contributed by atoms with van der Waals surface area (Å²) in [6.45, 7) is 4.13. The normalized spacial score (nSPS) is 27.2. The van der Waals surface area contributed by atoms with Crippen LogP contribution in [-0.4, -0.2) is 43.0 Å². The van der Waals surface area contributed by atoms with Crippen molar-refractivity contribution in [3.63, 3.8) is 0 Å². The molecule has 0 spiro atoms. The molecule has 0 aromatic rings. The van der Waals surface area contributed by atoms with Gasteiger partial charge in [-0.15, -0.1) is 0 Å². The molecular weight excluding hydrogens is 180 g/mol. The van der Waals surface area contributed by atoms with Gasteiger partial charge >= 0.3 is 0 Å². The fourth-order valence-corrected chi connectivity index (χ4v) is 1.62. The van der Waals surface area contributed by atoms with Crippen molar-refractivity contribution in [2.75, 3.05) is 26.2 Å². The first-order valence-corrected chi connectivity index (χ1v) is 4.75. The molecule has 5 heteroatoms. The molecule has 2 atom stereocenters. The van der Waals surface area contributed by atoms with Crippen LogP contribution in [0.3, 0.4) is 0 Å². The minimum atomic E-state index is -0.104. The number of carbonyl (C=O) groups excluding carboxylic acids is 1. The second kappa shape index (κ2) is 4.94. The Morgan fingerprint density at radius 1 is 1.71 bits per heavy atom. The molecule has 2 unspecified atom stereocenters. The molecular formula is C9H16N4O. The van der Waals surface area contributed by atoms with Crippen LogP contribution in [0.4, 0.5) is 0 Å². The minimum absolute atomic E-state index is 0.0777. The quantitative estimate of drug-likeness (QED) is 0.562. The maximum absolute atomic E-state index is 11.2. The summed E-state index contributed by atoms with van der Waals surface area (Å²) in [6.07, 6.45) is 0. The van der Waals surface area contributed by atoms with Crippen LogP contribution in [0.25, 0.3) is 0 Å². The lowest BCUT2D eigenvalue weighted by atomic mass is 10.1. The SMILES string of the molecule is CC1CN(CC(=O)NCC#N)CC1N. The maximum Gasteiger partial charge on any atom is 0.235 e. The van der Waals surface area contributed by atoms with Gasteiger partial charge in [0.2, 0.25) is 5.91 Å². The van der Waals surface area contributed by atoms with Gasteiger partial charge in [0, 0.05) is 19.1 Å². The largest absolute Gasteiger partial charge is 0.342 e. The van der Waals surface area contributed by atoms with E-state index in [0.717, 1.165) is 13.1 Å². The van der Waals surface area contributed by atoms with Crippen LogP contribution in [0.5, 0.6) is 0 Å². The molecule has 1 heterocycles. The summed E-state index contributed by atoms with van der Waals surface area (Å²) < 4.78 is 0. The van der Waals surface area contributed by atoms with Crippen molar-refractivity contribution in [3.8, 4) is 6.07 Å². The van der Waals surface area contributed by atoms with Gasteiger partial charge in [-0.25, -0.2) is 0 Å². The van der Waals surface area contributed by atoms with Gasteiger partial charge in [0.05, 0.1) is 12.6 Å². The van der Waals surface area contributed by atoms with Crippen molar-refractivity contribution in [1.29, 1.82) is 5.26 Å². The zero-order chi connectivity index (χ0) is 10.6. The number of hydrogen-bond acceptors (Lipinski definition) is 4. The molecule has 0 bridgehead atoms. The number of nitrogens with one attached hydrogen (secondary N) is 1. The van der Waals surface area contributed by atoms with E-state index < -0.39 is 0 Å². The molecule has 0 saturated carbocycles. The topological polar surface area (TPSA) is 82.2 Å². The van der Waals surface area contributed by atoms with Crippen LogP contribution in [0.2, 0.25) is 0 Å². The number of nitrogens with zero attached hydrogens (tertiary/aromatic N) is 2. The van der Waals surface area contributed by atoms with Gasteiger partial charge in [0.1, 0.15) is 6.54 Å². The second-order valence-corrected chi connectivity index (χ2v) is 3.77. The molecule has 0 radical (unpaired) electrons. The van der Waals surface area contributed by atoms with Crippen molar-refractivity contribution in [2.45, 2.75) is 13.0 Å². The van der Waals surface area contributed by atoms with Crippen molar-refractivity contribution in [1.82, 2.24) is 10.2 Å². The molecule has 14 heavy (non-hydrogen) atoms. The van der Waals surface area contributed by atoms with E-state index in [4.69, 9.17) is 11.0 Å². The highest BCUT2D eigenvalue weighted by Crippen LogP contribution is 2.13. The Bertz CT molecular complexity index is 238. The third kappa shape index (κ3) is 2.98. The number of rotatable bonds is 3. The van der Waals surface area contributed by atoms with E-state index >= 15 is 0 Å². The molecule has 0 aliphatic carbocycles. The fourth-order valence-electron chi connectivity index (χ4n) is 1.62.